The Morgan fingerprint density at radius 2 is 1.36 bits per heavy atom. The van der Waals surface area contributed by atoms with Crippen LogP contribution in [0.3, 0.4) is 0 Å². The van der Waals surface area contributed by atoms with Gasteiger partial charge in [-0.15, -0.1) is 0 Å². The van der Waals surface area contributed by atoms with Gasteiger partial charge >= 0.3 is 0 Å². The van der Waals surface area contributed by atoms with Gasteiger partial charge in [-0.05, 0) is 54.4 Å². The number of nitrogens with one attached hydrogen (secondary N) is 1. The fourth-order valence-corrected chi connectivity index (χ4v) is 6.25. The zero-order valence-electron chi connectivity index (χ0n) is 25.1. The Morgan fingerprint density at radius 3 is 2.00 bits per heavy atom. The number of benzene rings is 4. The van der Waals surface area contributed by atoms with Crippen LogP contribution >= 0.6 is 0 Å². The number of anilines is 1. The van der Waals surface area contributed by atoms with Gasteiger partial charge in [-0.25, -0.2) is 8.42 Å². The van der Waals surface area contributed by atoms with Crippen LogP contribution < -0.4 is 19.1 Å². The normalized spacial score (nSPS) is 11.7. The molecule has 0 aromatic heterocycles. The summed E-state index contributed by atoms with van der Waals surface area (Å²) in [6.45, 7) is 1.66. The fourth-order valence-electron chi connectivity index (χ4n) is 4.83. The van der Waals surface area contributed by atoms with Gasteiger partial charge < -0.3 is 19.7 Å². The molecule has 9 nitrogen and oxygen atoms in total. The molecule has 4 rings (SSSR count). The molecule has 0 heterocycles. The second-order valence-corrected chi connectivity index (χ2v) is 11.9. The first kappa shape index (κ1) is 32.1. The number of carbonyl (C=O) groups is 2. The molecule has 44 heavy (non-hydrogen) atoms. The van der Waals surface area contributed by atoms with Crippen molar-refractivity contribution in [2.45, 2.75) is 30.8 Å². The van der Waals surface area contributed by atoms with E-state index in [1.165, 1.54) is 24.1 Å². The molecule has 1 atom stereocenters. The van der Waals surface area contributed by atoms with Gasteiger partial charge in [0.15, 0.2) is 0 Å². The molecule has 0 unspecified atom stereocenters. The summed E-state index contributed by atoms with van der Waals surface area (Å²) in [7, 11) is -1.16. The molecule has 230 valence electrons. The number of sulfonamides is 1. The molecule has 4 aromatic carbocycles. The predicted molar refractivity (Wildman–Crippen MR) is 170 cm³/mol. The monoisotopic (exact) mass is 615 g/mol. The molecule has 0 saturated heterocycles. The summed E-state index contributed by atoms with van der Waals surface area (Å²) < 4.78 is 39.9. The van der Waals surface area contributed by atoms with Crippen molar-refractivity contribution < 1.29 is 27.5 Å². The van der Waals surface area contributed by atoms with Gasteiger partial charge in [-0.3, -0.25) is 13.9 Å². The van der Waals surface area contributed by atoms with E-state index in [4.69, 9.17) is 9.47 Å². The highest BCUT2D eigenvalue weighted by Crippen LogP contribution is 2.28. The maximum absolute atomic E-state index is 14.4. The molecule has 1 N–H and O–H groups in total. The number of amides is 2. The van der Waals surface area contributed by atoms with Crippen molar-refractivity contribution in [1.29, 1.82) is 0 Å². The predicted octanol–water partition coefficient (Wildman–Crippen LogP) is 4.68. The van der Waals surface area contributed by atoms with Crippen LogP contribution in [0.25, 0.3) is 0 Å². The third kappa shape index (κ3) is 7.96. The summed E-state index contributed by atoms with van der Waals surface area (Å²) >= 11 is 0. The average Bonchev–Trinajstić information content (AvgIpc) is 3.06. The highest BCUT2D eigenvalue weighted by atomic mass is 32.2. The summed E-state index contributed by atoms with van der Waals surface area (Å²) in [5.74, 6) is 0.131. The lowest BCUT2D eigenvalue weighted by molar-refractivity contribution is -0.140. The molecule has 0 aliphatic carbocycles. The van der Waals surface area contributed by atoms with Crippen LogP contribution in [0, 0.1) is 0 Å². The van der Waals surface area contributed by atoms with E-state index in [-0.39, 0.29) is 29.5 Å². The van der Waals surface area contributed by atoms with Crippen LogP contribution in [0.1, 0.15) is 18.1 Å². The van der Waals surface area contributed by atoms with Crippen LogP contribution in [0.2, 0.25) is 0 Å². The van der Waals surface area contributed by atoms with Crippen LogP contribution in [0.4, 0.5) is 5.69 Å². The molecule has 0 saturated carbocycles. The van der Waals surface area contributed by atoms with Crippen LogP contribution in [-0.2, 0) is 32.6 Å². The Kier molecular flexibility index (Phi) is 11.0. The minimum atomic E-state index is -4.20. The summed E-state index contributed by atoms with van der Waals surface area (Å²) in [5, 5.41) is 2.86. The molecule has 0 aliphatic rings. The summed E-state index contributed by atoms with van der Waals surface area (Å²) in [4.78, 5) is 29.5. The molecule has 4 aromatic rings. The number of rotatable bonds is 14. The zero-order chi connectivity index (χ0) is 31.5. The SMILES string of the molecule is CCNC(=O)[C@H](Cc1ccccc1)N(Cc1cccc(OC)c1)C(=O)CN(c1cccc(OC)c1)S(=O)(=O)c1ccccc1. The molecule has 2 amide bonds. The molecule has 10 heteroatoms. The first-order chi connectivity index (χ1) is 21.3. The quantitative estimate of drug-likeness (QED) is 0.221. The zero-order valence-corrected chi connectivity index (χ0v) is 25.9. The van der Waals surface area contributed by atoms with Crippen molar-refractivity contribution in [1.82, 2.24) is 10.2 Å². The van der Waals surface area contributed by atoms with Gasteiger partial charge in [0, 0.05) is 25.6 Å². The highest BCUT2D eigenvalue weighted by Gasteiger charge is 2.34. The second kappa shape index (κ2) is 15.1. The standard InChI is InChI=1S/C34H37N3O6S/c1-4-35-34(39)32(22-26-13-7-5-8-14-26)36(24-27-15-11-17-29(21-27)42-2)33(38)25-37(28-16-12-18-30(23-28)43-3)44(40,41)31-19-9-6-10-20-31/h5-21,23,32H,4,22,24-25H2,1-3H3,(H,35,39)/t32-/m0/s1. The van der Waals surface area contributed by atoms with Crippen molar-refractivity contribution in [3.05, 3.63) is 120 Å². The number of nitrogens with zero attached hydrogens (tertiary/aromatic N) is 2. The minimum absolute atomic E-state index is 0.0273. The van der Waals surface area contributed by atoms with Crippen molar-refractivity contribution in [3.63, 3.8) is 0 Å². The van der Waals surface area contributed by atoms with Gasteiger partial charge in [0.25, 0.3) is 10.0 Å². The first-order valence-electron chi connectivity index (χ1n) is 14.2. The van der Waals surface area contributed by atoms with Crippen molar-refractivity contribution in [3.8, 4) is 11.5 Å². The van der Waals surface area contributed by atoms with Gasteiger partial charge in [0.1, 0.15) is 24.1 Å². The Hall–Kier alpha value is -4.83. The third-order valence-corrected chi connectivity index (χ3v) is 8.85. The topological polar surface area (TPSA) is 105 Å². The highest BCUT2D eigenvalue weighted by molar-refractivity contribution is 7.92. The van der Waals surface area contributed by atoms with E-state index in [1.54, 1.807) is 67.8 Å². The van der Waals surface area contributed by atoms with E-state index >= 15 is 0 Å². The molecule has 0 fully saturated rings. The van der Waals surface area contributed by atoms with E-state index in [9.17, 15) is 18.0 Å². The van der Waals surface area contributed by atoms with Crippen LogP contribution in [0.15, 0.2) is 114 Å². The van der Waals surface area contributed by atoms with Gasteiger partial charge in [-0.1, -0.05) is 66.7 Å². The van der Waals surface area contributed by atoms with Gasteiger partial charge in [0.05, 0.1) is 24.8 Å². The fraction of sp³-hybridized carbons (Fsp3) is 0.235. The van der Waals surface area contributed by atoms with E-state index in [2.05, 4.69) is 5.32 Å². The maximum Gasteiger partial charge on any atom is 0.264 e. The molecule has 0 bridgehead atoms. The Labute approximate surface area is 259 Å². The molecule has 0 spiro atoms. The van der Waals surface area contributed by atoms with E-state index in [0.717, 1.165) is 15.4 Å². The lowest BCUT2D eigenvalue weighted by Gasteiger charge is -2.34. The Bertz CT molecular complexity index is 1650. The summed E-state index contributed by atoms with van der Waals surface area (Å²) in [6.07, 6.45) is 0.229. The number of hydrogen-bond acceptors (Lipinski definition) is 6. The van der Waals surface area contributed by atoms with E-state index < -0.39 is 28.5 Å². The van der Waals surface area contributed by atoms with E-state index in [0.29, 0.717) is 18.0 Å². The van der Waals surface area contributed by atoms with Crippen LogP contribution in [0.5, 0.6) is 11.5 Å². The number of likely N-dealkylation sites (N-methyl/N-ethyl adjacent to an activating group) is 1. The smallest absolute Gasteiger partial charge is 0.264 e. The Balaban J connectivity index is 1.81. The largest absolute Gasteiger partial charge is 0.497 e. The number of methoxy groups -OCH3 is 2. The lowest BCUT2D eigenvalue weighted by atomic mass is 10.0. The van der Waals surface area contributed by atoms with E-state index in [1.807, 2.05) is 43.3 Å². The third-order valence-electron chi connectivity index (χ3n) is 7.06. The first-order valence-corrected chi connectivity index (χ1v) is 15.7. The van der Waals surface area contributed by atoms with Crippen molar-refractivity contribution in [2.24, 2.45) is 0 Å². The van der Waals surface area contributed by atoms with Crippen molar-refractivity contribution in [2.75, 3.05) is 31.6 Å². The second-order valence-electron chi connectivity index (χ2n) is 10.00. The van der Waals surface area contributed by atoms with Crippen LogP contribution in [-0.4, -0.2) is 58.5 Å². The molecule has 0 radical (unpaired) electrons. The summed E-state index contributed by atoms with van der Waals surface area (Å²) in [6, 6.07) is 30.1. The molecular weight excluding hydrogens is 578 g/mol. The molecular formula is C34H37N3O6S. The Morgan fingerprint density at radius 1 is 0.773 bits per heavy atom. The minimum Gasteiger partial charge on any atom is -0.497 e. The lowest BCUT2D eigenvalue weighted by Crippen LogP contribution is -2.53. The van der Waals surface area contributed by atoms with Crippen molar-refractivity contribution >= 4 is 27.5 Å². The number of carbonyl (C=O) groups excluding carboxylic acids is 2. The number of hydrogen-bond donors (Lipinski definition) is 1. The maximum atomic E-state index is 14.4. The van der Waals surface area contributed by atoms with Gasteiger partial charge in [0.2, 0.25) is 11.8 Å². The summed E-state index contributed by atoms with van der Waals surface area (Å²) in [5.41, 5.74) is 1.83. The molecule has 0 aliphatic heterocycles. The van der Waals surface area contributed by atoms with Gasteiger partial charge in [-0.2, -0.15) is 0 Å². The average molecular weight is 616 g/mol. The number of ether oxygens (including phenoxy) is 2.